The molecule has 33 heavy (non-hydrogen) atoms. The van der Waals surface area contributed by atoms with Gasteiger partial charge >= 0.3 is 0 Å². The quantitative estimate of drug-likeness (QED) is 0.332. The summed E-state index contributed by atoms with van der Waals surface area (Å²) in [6, 6.07) is 17.3. The van der Waals surface area contributed by atoms with E-state index in [1.165, 1.54) is 36.4 Å². The molecule has 3 aromatic carbocycles. The molecule has 0 radical (unpaired) electrons. The van der Waals surface area contributed by atoms with Crippen molar-refractivity contribution in [3.8, 4) is 11.5 Å². The van der Waals surface area contributed by atoms with Gasteiger partial charge in [0, 0.05) is 9.50 Å². The van der Waals surface area contributed by atoms with E-state index in [9.17, 15) is 13.2 Å². The zero-order valence-corrected chi connectivity index (χ0v) is 21.3. The number of amides is 1. The van der Waals surface area contributed by atoms with E-state index in [4.69, 9.17) is 21.1 Å². The molecule has 1 amide bonds. The molecular formula is C24H23BrClNO5S. The first-order chi connectivity index (χ1) is 15.8. The van der Waals surface area contributed by atoms with Crippen LogP contribution in [-0.4, -0.2) is 27.5 Å². The molecule has 3 aromatic rings. The zero-order valence-electron chi connectivity index (χ0n) is 18.1. The number of aryl methyl sites for hydroxylation is 1. The number of ether oxygens (including phenoxy) is 2. The van der Waals surface area contributed by atoms with Gasteiger partial charge in [-0.2, -0.15) is 4.31 Å². The highest BCUT2D eigenvalue weighted by Crippen LogP contribution is 2.28. The van der Waals surface area contributed by atoms with Gasteiger partial charge in [-0.1, -0.05) is 34.5 Å². The number of anilines is 1. The van der Waals surface area contributed by atoms with Crippen LogP contribution >= 0.6 is 27.5 Å². The molecule has 0 fully saturated rings. The molecule has 0 aromatic heterocycles. The molecule has 0 unspecified atom stereocenters. The van der Waals surface area contributed by atoms with Crippen molar-refractivity contribution >= 4 is 49.1 Å². The Labute approximate surface area is 207 Å². The largest absolute Gasteiger partial charge is 0.494 e. The van der Waals surface area contributed by atoms with E-state index in [0.717, 1.165) is 14.3 Å². The highest BCUT2D eigenvalue weighted by Gasteiger charge is 2.31. The third-order valence-electron chi connectivity index (χ3n) is 4.72. The summed E-state index contributed by atoms with van der Waals surface area (Å²) in [4.78, 5) is 13.2. The smallest absolute Gasteiger partial charge is 0.278 e. The molecule has 9 heteroatoms. The second-order valence-electron chi connectivity index (χ2n) is 6.94. The maximum absolute atomic E-state index is 13.4. The fraction of sp³-hybridized carbons (Fsp3) is 0.208. The third-order valence-corrected chi connectivity index (χ3v) is 7.22. The van der Waals surface area contributed by atoms with Gasteiger partial charge in [-0.15, -0.1) is 0 Å². The van der Waals surface area contributed by atoms with E-state index in [1.54, 1.807) is 24.3 Å². The lowest BCUT2D eigenvalue weighted by Crippen LogP contribution is -2.40. The second kappa shape index (κ2) is 11.0. The fourth-order valence-electron chi connectivity index (χ4n) is 3.14. The first-order valence-corrected chi connectivity index (χ1v) is 12.8. The van der Waals surface area contributed by atoms with Crippen molar-refractivity contribution in [2.75, 3.05) is 17.5 Å². The summed E-state index contributed by atoms with van der Waals surface area (Å²) < 4.78 is 39.7. The Hall–Kier alpha value is -2.55. The van der Waals surface area contributed by atoms with Crippen LogP contribution in [0.2, 0.25) is 5.02 Å². The van der Waals surface area contributed by atoms with E-state index in [2.05, 4.69) is 15.9 Å². The Morgan fingerprint density at radius 2 is 1.64 bits per heavy atom. The first kappa shape index (κ1) is 25.1. The minimum Gasteiger partial charge on any atom is -0.494 e. The monoisotopic (exact) mass is 551 g/mol. The first-order valence-electron chi connectivity index (χ1n) is 10.2. The Kier molecular flexibility index (Phi) is 8.40. The van der Waals surface area contributed by atoms with E-state index < -0.39 is 22.5 Å². The van der Waals surface area contributed by atoms with Gasteiger partial charge in [0.1, 0.15) is 11.5 Å². The summed E-state index contributed by atoms with van der Waals surface area (Å²) in [6.07, 6.45) is 0.689. The van der Waals surface area contributed by atoms with Gasteiger partial charge in [-0.05, 0) is 85.6 Å². The normalized spacial score (nSPS) is 11.2. The Morgan fingerprint density at radius 1 is 0.970 bits per heavy atom. The lowest BCUT2D eigenvalue weighted by atomic mass is 10.1. The molecule has 0 N–H and O–H groups in total. The summed E-state index contributed by atoms with van der Waals surface area (Å²) in [7, 11) is -4.23. The number of rotatable bonds is 9. The van der Waals surface area contributed by atoms with Gasteiger partial charge in [0.05, 0.1) is 17.2 Å². The minimum atomic E-state index is -4.23. The summed E-state index contributed by atoms with van der Waals surface area (Å²) >= 11 is 9.33. The van der Waals surface area contributed by atoms with Crippen LogP contribution < -0.4 is 13.8 Å². The topological polar surface area (TPSA) is 72.9 Å². The number of hydrogen-bond acceptors (Lipinski definition) is 5. The van der Waals surface area contributed by atoms with Gasteiger partial charge in [-0.25, -0.2) is 8.42 Å². The predicted octanol–water partition coefficient (Wildman–Crippen LogP) is 5.86. The van der Waals surface area contributed by atoms with Crippen LogP contribution in [0.1, 0.15) is 19.4 Å². The van der Waals surface area contributed by atoms with Gasteiger partial charge in [0.25, 0.3) is 15.9 Å². The lowest BCUT2D eigenvalue weighted by molar-refractivity contribution is -0.119. The number of sulfonamides is 1. The molecule has 0 saturated carbocycles. The maximum Gasteiger partial charge on any atom is 0.278 e. The summed E-state index contributed by atoms with van der Waals surface area (Å²) in [5.41, 5.74) is 1.07. The van der Waals surface area contributed by atoms with Crippen molar-refractivity contribution in [1.29, 1.82) is 0 Å². The van der Waals surface area contributed by atoms with Crippen LogP contribution in [0.4, 0.5) is 5.69 Å². The molecule has 0 aliphatic rings. The fourth-order valence-corrected chi connectivity index (χ4v) is 5.08. The number of carbonyl (C=O) groups excluding carboxylic acids is 1. The number of nitrogens with zero attached hydrogens (tertiary/aromatic N) is 1. The zero-order chi connectivity index (χ0) is 24.0. The Morgan fingerprint density at radius 3 is 2.24 bits per heavy atom. The van der Waals surface area contributed by atoms with Crippen molar-refractivity contribution in [2.45, 2.75) is 25.2 Å². The Bertz CT molecular complexity index is 1210. The van der Waals surface area contributed by atoms with Crippen LogP contribution in [-0.2, 0) is 21.2 Å². The van der Waals surface area contributed by atoms with Crippen molar-refractivity contribution < 1.29 is 22.7 Å². The van der Waals surface area contributed by atoms with Crippen molar-refractivity contribution in [1.82, 2.24) is 0 Å². The van der Waals surface area contributed by atoms with Crippen LogP contribution in [0.5, 0.6) is 11.5 Å². The Balaban J connectivity index is 1.95. The number of halogens is 2. The lowest BCUT2D eigenvalue weighted by Gasteiger charge is -2.23. The molecule has 0 aliphatic carbocycles. The van der Waals surface area contributed by atoms with Crippen LogP contribution in [0.25, 0.3) is 0 Å². The minimum absolute atomic E-state index is 0.0629. The molecule has 0 atom stereocenters. The number of benzene rings is 3. The average Bonchev–Trinajstić information content (AvgIpc) is 2.79. The standard InChI is InChI=1S/C24H23BrClNO5S/c1-3-17-15-18(25)5-14-23(17)32-16-24(28)27(20-8-10-21(11-9-20)31-4-2)33(29,30)22-12-6-19(26)7-13-22/h5-15H,3-4,16H2,1-2H3. The number of hydrogen-bond donors (Lipinski definition) is 0. The highest BCUT2D eigenvalue weighted by atomic mass is 79.9. The van der Waals surface area contributed by atoms with Crippen LogP contribution in [0.15, 0.2) is 76.1 Å². The van der Waals surface area contributed by atoms with Crippen molar-refractivity contribution in [3.63, 3.8) is 0 Å². The predicted molar refractivity (Wildman–Crippen MR) is 133 cm³/mol. The van der Waals surface area contributed by atoms with E-state index >= 15 is 0 Å². The summed E-state index contributed by atoms with van der Waals surface area (Å²) in [5.74, 6) is 0.347. The van der Waals surface area contributed by atoms with Gasteiger partial charge in [0.2, 0.25) is 0 Å². The molecule has 0 bridgehead atoms. The molecule has 3 rings (SSSR count). The van der Waals surface area contributed by atoms with Gasteiger partial charge in [0.15, 0.2) is 6.61 Å². The molecule has 0 aliphatic heterocycles. The molecule has 174 valence electrons. The maximum atomic E-state index is 13.4. The molecule has 6 nitrogen and oxygen atoms in total. The summed E-state index contributed by atoms with van der Waals surface area (Å²) in [6.45, 7) is 3.81. The highest BCUT2D eigenvalue weighted by molar-refractivity contribution is 9.10. The van der Waals surface area contributed by atoms with E-state index in [-0.39, 0.29) is 10.6 Å². The van der Waals surface area contributed by atoms with E-state index in [1.807, 2.05) is 19.9 Å². The van der Waals surface area contributed by atoms with Crippen molar-refractivity contribution in [2.24, 2.45) is 0 Å². The molecule has 0 spiro atoms. The molecular weight excluding hydrogens is 530 g/mol. The van der Waals surface area contributed by atoms with Gasteiger partial charge < -0.3 is 9.47 Å². The molecule has 0 heterocycles. The van der Waals surface area contributed by atoms with Crippen molar-refractivity contribution in [3.05, 3.63) is 81.8 Å². The molecule has 0 saturated heterocycles. The number of carbonyl (C=O) groups is 1. The summed E-state index contributed by atoms with van der Waals surface area (Å²) in [5, 5.41) is 0.388. The van der Waals surface area contributed by atoms with E-state index in [0.29, 0.717) is 29.5 Å². The average molecular weight is 553 g/mol. The second-order valence-corrected chi connectivity index (χ2v) is 10.1. The van der Waals surface area contributed by atoms with Crippen LogP contribution in [0, 0.1) is 0 Å². The third kappa shape index (κ3) is 6.07. The van der Waals surface area contributed by atoms with Gasteiger partial charge in [-0.3, -0.25) is 4.79 Å². The van der Waals surface area contributed by atoms with Crippen LogP contribution in [0.3, 0.4) is 0 Å². The SMILES string of the molecule is CCOc1ccc(N(C(=O)COc2ccc(Br)cc2CC)S(=O)(=O)c2ccc(Cl)cc2)cc1.